The van der Waals surface area contributed by atoms with E-state index in [1.807, 2.05) is 0 Å². The molecule has 1 aromatic carbocycles. The summed E-state index contributed by atoms with van der Waals surface area (Å²) in [5.74, 6) is -0.395. The Morgan fingerprint density at radius 1 is 1.27 bits per heavy atom. The van der Waals surface area contributed by atoms with Gasteiger partial charge in [-0.05, 0) is 25.5 Å². The van der Waals surface area contributed by atoms with Gasteiger partial charge in [-0.25, -0.2) is 4.39 Å². The van der Waals surface area contributed by atoms with Crippen LogP contribution in [-0.2, 0) is 0 Å². The van der Waals surface area contributed by atoms with Crippen molar-refractivity contribution in [1.29, 1.82) is 0 Å². The molecule has 4 nitrogen and oxygen atoms in total. The van der Waals surface area contributed by atoms with E-state index in [0.29, 0.717) is 16.8 Å². The average molecular weight is 208 g/mol. The predicted molar refractivity (Wildman–Crippen MR) is 59.2 cm³/mol. The number of halogens is 1. The molecule has 0 radical (unpaired) electrons. The number of guanidine groups is 1. The zero-order chi connectivity index (χ0) is 11.4. The third kappa shape index (κ3) is 3.05. The minimum atomic E-state index is -0.272. The van der Waals surface area contributed by atoms with Crippen LogP contribution in [0.15, 0.2) is 28.4 Å². The van der Waals surface area contributed by atoms with Crippen molar-refractivity contribution in [3.63, 3.8) is 0 Å². The maximum atomic E-state index is 13.2. The number of aryl methyl sites for hydroxylation is 1. The second-order valence-electron chi connectivity index (χ2n) is 3.17. The number of benzene rings is 1. The summed E-state index contributed by atoms with van der Waals surface area (Å²) in [4.78, 5) is 0. The molecule has 0 bridgehead atoms. The van der Waals surface area contributed by atoms with Crippen LogP contribution in [0, 0.1) is 12.7 Å². The summed E-state index contributed by atoms with van der Waals surface area (Å²) in [6, 6.07) is 4.84. The van der Waals surface area contributed by atoms with Crippen LogP contribution >= 0.6 is 0 Å². The predicted octanol–water partition coefficient (Wildman–Crippen LogP) is 1.13. The van der Waals surface area contributed by atoms with E-state index in [1.54, 1.807) is 26.0 Å². The number of nitrogens with zero attached hydrogens (tertiary/aromatic N) is 2. The molecule has 0 spiro atoms. The van der Waals surface area contributed by atoms with Crippen LogP contribution in [0.4, 0.5) is 4.39 Å². The van der Waals surface area contributed by atoms with Crippen molar-refractivity contribution < 1.29 is 4.39 Å². The molecule has 1 aromatic rings. The molecule has 5 heteroatoms. The van der Waals surface area contributed by atoms with E-state index >= 15 is 0 Å². The molecule has 0 aliphatic rings. The van der Waals surface area contributed by atoms with Crippen molar-refractivity contribution in [2.75, 3.05) is 0 Å². The van der Waals surface area contributed by atoms with Crippen LogP contribution in [-0.4, -0.2) is 11.7 Å². The molecule has 0 heterocycles. The summed E-state index contributed by atoms with van der Waals surface area (Å²) in [5.41, 5.74) is 12.0. The van der Waals surface area contributed by atoms with Gasteiger partial charge in [0.2, 0.25) is 5.96 Å². The van der Waals surface area contributed by atoms with Gasteiger partial charge in [-0.3, -0.25) is 0 Å². The molecule has 0 aromatic heterocycles. The van der Waals surface area contributed by atoms with Crippen LogP contribution in [0.1, 0.15) is 18.1 Å². The Bertz CT molecular complexity index is 419. The van der Waals surface area contributed by atoms with Gasteiger partial charge < -0.3 is 11.5 Å². The van der Waals surface area contributed by atoms with E-state index in [1.165, 1.54) is 6.07 Å². The highest BCUT2D eigenvalue weighted by molar-refractivity contribution is 5.99. The quantitative estimate of drug-likeness (QED) is 0.434. The number of hydrogen-bond donors (Lipinski definition) is 2. The highest BCUT2D eigenvalue weighted by Gasteiger charge is 2.01. The fourth-order valence-corrected chi connectivity index (χ4v) is 1.01. The SMILES string of the molecule is CC(=NN=C(N)N)c1ccc(C)c(F)c1. The first-order chi connectivity index (χ1) is 7.00. The van der Waals surface area contributed by atoms with Crippen LogP contribution in [0.2, 0.25) is 0 Å². The maximum absolute atomic E-state index is 13.2. The molecule has 4 N–H and O–H groups in total. The zero-order valence-electron chi connectivity index (χ0n) is 8.66. The first-order valence-electron chi connectivity index (χ1n) is 4.40. The van der Waals surface area contributed by atoms with Gasteiger partial charge in [0.05, 0.1) is 5.71 Å². The second-order valence-corrected chi connectivity index (χ2v) is 3.17. The van der Waals surface area contributed by atoms with Gasteiger partial charge in [0.15, 0.2) is 0 Å². The summed E-state index contributed by atoms with van der Waals surface area (Å²) in [7, 11) is 0. The van der Waals surface area contributed by atoms with E-state index in [0.717, 1.165) is 0 Å². The Balaban J connectivity index is 3.02. The van der Waals surface area contributed by atoms with Gasteiger partial charge in [-0.1, -0.05) is 12.1 Å². The molecule has 0 amide bonds. The lowest BCUT2D eigenvalue weighted by Gasteiger charge is -2.01. The summed E-state index contributed by atoms with van der Waals surface area (Å²) >= 11 is 0. The van der Waals surface area contributed by atoms with Gasteiger partial charge in [0, 0.05) is 5.56 Å². The molecule has 0 aliphatic heterocycles. The van der Waals surface area contributed by atoms with Gasteiger partial charge >= 0.3 is 0 Å². The molecule has 0 unspecified atom stereocenters. The van der Waals surface area contributed by atoms with Crippen LogP contribution in [0.5, 0.6) is 0 Å². The number of nitrogens with two attached hydrogens (primary N) is 2. The monoisotopic (exact) mass is 208 g/mol. The first-order valence-corrected chi connectivity index (χ1v) is 4.40. The summed E-state index contributed by atoms with van der Waals surface area (Å²) < 4.78 is 13.2. The molecule has 15 heavy (non-hydrogen) atoms. The summed E-state index contributed by atoms with van der Waals surface area (Å²) in [6.45, 7) is 3.40. The number of hydrogen-bond acceptors (Lipinski definition) is 2. The fraction of sp³-hybridized carbons (Fsp3) is 0.200. The Labute approximate surface area is 87.5 Å². The van der Waals surface area contributed by atoms with Crippen molar-refractivity contribution >= 4 is 11.7 Å². The normalized spacial score (nSPS) is 11.3. The molecular weight excluding hydrogens is 195 g/mol. The molecule has 0 saturated heterocycles. The van der Waals surface area contributed by atoms with Crippen LogP contribution < -0.4 is 11.5 Å². The van der Waals surface area contributed by atoms with E-state index in [4.69, 9.17) is 11.5 Å². The van der Waals surface area contributed by atoms with Crippen LogP contribution in [0.3, 0.4) is 0 Å². The standard InChI is InChI=1S/C10H13FN4/c1-6-3-4-8(5-9(6)11)7(2)14-15-10(12)13/h3-5H,1-2H3,(H4,12,13,15). The Morgan fingerprint density at radius 3 is 2.47 bits per heavy atom. The first kappa shape index (κ1) is 11.2. The largest absolute Gasteiger partial charge is 0.369 e. The lowest BCUT2D eigenvalue weighted by atomic mass is 10.1. The highest BCUT2D eigenvalue weighted by Crippen LogP contribution is 2.10. The second kappa shape index (κ2) is 4.54. The molecule has 0 atom stereocenters. The van der Waals surface area contributed by atoms with Crippen LogP contribution in [0.25, 0.3) is 0 Å². The van der Waals surface area contributed by atoms with E-state index in [-0.39, 0.29) is 11.8 Å². The van der Waals surface area contributed by atoms with Crippen molar-refractivity contribution in [2.45, 2.75) is 13.8 Å². The Morgan fingerprint density at radius 2 is 1.93 bits per heavy atom. The lowest BCUT2D eigenvalue weighted by Crippen LogP contribution is -2.22. The van der Waals surface area contributed by atoms with Crippen molar-refractivity contribution in [3.8, 4) is 0 Å². The van der Waals surface area contributed by atoms with Gasteiger partial charge in [0.25, 0.3) is 0 Å². The van der Waals surface area contributed by atoms with Crippen molar-refractivity contribution in [2.24, 2.45) is 21.7 Å². The minimum Gasteiger partial charge on any atom is -0.369 e. The highest BCUT2D eigenvalue weighted by atomic mass is 19.1. The molecular formula is C10H13FN4. The Kier molecular flexibility index (Phi) is 3.38. The average Bonchev–Trinajstić information content (AvgIpc) is 2.18. The van der Waals surface area contributed by atoms with Crippen molar-refractivity contribution in [3.05, 3.63) is 35.1 Å². The molecule has 80 valence electrons. The summed E-state index contributed by atoms with van der Waals surface area (Å²) in [5, 5.41) is 7.24. The van der Waals surface area contributed by atoms with E-state index in [2.05, 4.69) is 10.2 Å². The van der Waals surface area contributed by atoms with Gasteiger partial charge in [-0.15, -0.1) is 5.10 Å². The fourth-order valence-electron chi connectivity index (χ4n) is 1.01. The van der Waals surface area contributed by atoms with Gasteiger partial charge in [0.1, 0.15) is 5.82 Å². The molecule has 1 rings (SSSR count). The molecule has 0 aliphatic carbocycles. The lowest BCUT2D eigenvalue weighted by molar-refractivity contribution is 0.618. The smallest absolute Gasteiger partial charge is 0.211 e. The maximum Gasteiger partial charge on any atom is 0.211 e. The number of rotatable bonds is 2. The minimum absolute atomic E-state index is 0.123. The molecule has 0 fully saturated rings. The molecule has 0 saturated carbocycles. The zero-order valence-corrected chi connectivity index (χ0v) is 8.66. The van der Waals surface area contributed by atoms with E-state index < -0.39 is 0 Å². The van der Waals surface area contributed by atoms with Gasteiger partial charge in [-0.2, -0.15) is 5.10 Å². The third-order valence-corrected chi connectivity index (χ3v) is 1.91. The van der Waals surface area contributed by atoms with E-state index in [9.17, 15) is 4.39 Å². The Hall–Kier alpha value is -1.91. The summed E-state index contributed by atoms with van der Waals surface area (Å²) in [6.07, 6.45) is 0. The topological polar surface area (TPSA) is 76.8 Å². The third-order valence-electron chi connectivity index (χ3n) is 1.91. The van der Waals surface area contributed by atoms with Crippen molar-refractivity contribution in [1.82, 2.24) is 0 Å².